The third kappa shape index (κ3) is 8.43. The molecule has 1 aromatic carbocycles. The molecule has 2 rings (SSSR count). The minimum absolute atomic E-state index is 0.113. The molecule has 0 saturated carbocycles. The number of methoxy groups -OCH3 is 1. The minimum Gasteiger partial charge on any atom is -0.480 e. The maximum atomic E-state index is 12.9. The van der Waals surface area contributed by atoms with Crippen LogP contribution in [0.25, 0.3) is 0 Å². The van der Waals surface area contributed by atoms with Gasteiger partial charge in [0.25, 0.3) is 0 Å². The number of carboxylic acids is 1. The minimum atomic E-state index is -1.07. The molecule has 2 unspecified atom stereocenters. The van der Waals surface area contributed by atoms with Crippen molar-refractivity contribution in [1.29, 1.82) is 0 Å². The quantitative estimate of drug-likeness (QED) is 0.293. The molecule has 1 heterocycles. The summed E-state index contributed by atoms with van der Waals surface area (Å²) in [4.78, 5) is 37.3. The summed E-state index contributed by atoms with van der Waals surface area (Å²) in [5.41, 5.74) is 7.85. The van der Waals surface area contributed by atoms with Gasteiger partial charge in [-0.1, -0.05) is 44.2 Å². The molecule has 0 radical (unpaired) electrons. The molecule has 9 nitrogen and oxygen atoms in total. The lowest BCUT2D eigenvalue weighted by Crippen LogP contribution is -2.60. The summed E-state index contributed by atoms with van der Waals surface area (Å²) in [5, 5.41) is 19.8. The van der Waals surface area contributed by atoms with Crippen molar-refractivity contribution in [2.24, 2.45) is 11.7 Å². The normalized spacial score (nSPS) is 20.7. The number of thioether (sulfide) groups is 1. The summed E-state index contributed by atoms with van der Waals surface area (Å²) in [6.07, 6.45) is 0.727. The molecule has 1 aromatic rings. The molecular formula is C24H36N4O5S. The van der Waals surface area contributed by atoms with E-state index in [0.717, 1.165) is 11.1 Å². The smallest absolute Gasteiger partial charge is 0.326 e. The van der Waals surface area contributed by atoms with Gasteiger partial charge >= 0.3 is 5.97 Å². The first kappa shape index (κ1) is 27.8. The summed E-state index contributed by atoms with van der Waals surface area (Å²) in [7, 11) is 1.53. The predicted octanol–water partition coefficient (Wildman–Crippen LogP) is 1.24. The molecule has 34 heavy (non-hydrogen) atoms. The third-order valence-corrected chi connectivity index (χ3v) is 6.71. The number of nitrogens with one attached hydrogen (secondary N) is 3. The first-order valence-electron chi connectivity index (χ1n) is 11.3. The van der Waals surface area contributed by atoms with Crippen LogP contribution < -0.4 is 21.7 Å². The van der Waals surface area contributed by atoms with Gasteiger partial charge in [0.2, 0.25) is 11.8 Å². The van der Waals surface area contributed by atoms with Crippen molar-refractivity contribution in [2.45, 2.75) is 63.2 Å². The number of nitrogens with two attached hydrogens (primary N) is 1. The fourth-order valence-electron chi connectivity index (χ4n) is 3.66. The van der Waals surface area contributed by atoms with E-state index in [0.29, 0.717) is 12.8 Å². The summed E-state index contributed by atoms with van der Waals surface area (Å²) in [6.45, 7) is 5.82. The SMILES string of the molecule is COC[C@@H](NC(=O)C(N)Cc1ccccc1)[C@@H]1NC(C(=O)N[C@@H](CC(C)C)C(=O)O)C(C)=CS1. The average molecular weight is 493 g/mol. The van der Waals surface area contributed by atoms with Gasteiger partial charge in [0, 0.05) is 7.11 Å². The fourth-order valence-corrected chi connectivity index (χ4v) is 4.71. The number of hydrogen-bond donors (Lipinski definition) is 5. The second-order valence-electron chi connectivity index (χ2n) is 8.91. The molecule has 0 saturated heterocycles. The molecular weight excluding hydrogens is 456 g/mol. The Morgan fingerprint density at radius 2 is 1.88 bits per heavy atom. The lowest BCUT2D eigenvalue weighted by Gasteiger charge is -2.35. The van der Waals surface area contributed by atoms with Crippen molar-refractivity contribution in [1.82, 2.24) is 16.0 Å². The summed E-state index contributed by atoms with van der Waals surface area (Å²) >= 11 is 1.43. The highest BCUT2D eigenvalue weighted by atomic mass is 32.2. The van der Waals surface area contributed by atoms with E-state index >= 15 is 0 Å². The zero-order valence-corrected chi connectivity index (χ0v) is 20.9. The Morgan fingerprint density at radius 1 is 1.21 bits per heavy atom. The van der Waals surface area contributed by atoms with E-state index in [1.165, 1.54) is 18.9 Å². The molecule has 2 amide bonds. The van der Waals surface area contributed by atoms with E-state index in [1.807, 2.05) is 49.6 Å². The Morgan fingerprint density at radius 3 is 2.47 bits per heavy atom. The first-order chi connectivity index (χ1) is 16.1. The maximum Gasteiger partial charge on any atom is 0.326 e. The van der Waals surface area contributed by atoms with E-state index in [1.54, 1.807) is 6.92 Å². The third-order valence-electron chi connectivity index (χ3n) is 5.45. The van der Waals surface area contributed by atoms with Crippen LogP contribution in [0.4, 0.5) is 0 Å². The molecule has 1 aliphatic rings. The standard InChI is InChI=1S/C24H36N4O5S/c1-14(2)10-18(24(31)32)26-22(30)20-15(3)13-34-23(28-20)19(12-33-4)27-21(29)17(25)11-16-8-6-5-7-9-16/h5-9,13-14,17-20,23,28H,10-12,25H2,1-4H3,(H,26,30)(H,27,29)(H,31,32)/t17?,18-,19+,20?,23+/m0/s1. The van der Waals surface area contributed by atoms with Crippen LogP contribution in [0.15, 0.2) is 41.3 Å². The Bertz CT molecular complexity index is 864. The molecule has 0 bridgehead atoms. The monoisotopic (exact) mass is 492 g/mol. The largest absolute Gasteiger partial charge is 0.480 e. The Labute approximate surface area is 205 Å². The maximum absolute atomic E-state index is 12.9. The fraction of sp³-hybridized carbons (Fsp3) is 0.542. The Kier molecular flexibility index (Phi) is 11.0. The van der Waals surface area contributed by atoms with Gasteiger partial charge in [0.15, 0.2) is 0 Å². The number of carbonyl (C=O) groups is 3. The zero-order valence-electron chi connectivity index (χ0n) is 20.1. The number of aliphatic carboxylic acids is 1. The molecule has 0 aromatic heterocycles. The average Bonchev–Trinajstić information content (AvgIpc) is 2.78. The predicted molar refractivity (Wildman–Crippen MR) is 133 cm³/mol. The van der Waals surface area contributed by atoms with Gasteiger partial charge in [-0.25, -0.2) is 4.79 Å². The number of amides is 2. The van der Waals surface area contributed by atoms with Crippen LogP contribution in [0.1, 0.15) is 32.8 Å². The highest BCUT2D eigenvalue weighted by Gasteiger charge is 2.35. The molecule has 0 aliphatic carbocycles. The van der Waals surface area contributed by atoms with E-state index in [-0.39, 0.29) is 23.8 Å². The lowest BCUT2D eigenvalue weighted by atomic mass is 10.0. The van der Waals surface area contributed by atoms with Crippen LogP contribution in [0.2, 0.25) is 0 Å². The van der Waals surface area contributed by atoms with Crippen molar-refractivity contribution < 1.29 is 24.2 Å². The number of ether oxygens (including phenoxy) is 1. The van der Waals surface area contributed by atoms with Gasteiger partial charge in [-0.3, -0.25) is 14.9 Å². The van der Waals surface area contributed by atoms with Crippen LogP contribution in [0.5, 0.6) is 0 Å². The van der Waals surface area contributed by atoms with E-state index in [2.05, 4.69) is 16.0 Å². The van der Waals surface area contributed by atoms with Crippen molar-refractivity contribution in [3.05, 3.63) is 46.9 Å². The van der Waals surface area contributed by atoms with E-state index < -0.39 is 36.0 Å². The van der Waals surface area contributed by atoms with Gasteiger partial charge in [-0.05, 0) is 42.2 Å². The second kappa shape index (κ2) is 13.5. The second-order valence-corrected chi connectivity index (χ2v) is 9.93. The van der Waals surface area contributed by atoms with E-state index in [4.69, 9.17) is 10.5 Å². The van der Waals surface area contributed by atoms with Crippen LogP contribution in [0, 0.1) is 5.92 Å². The highest BCUT2D eigenvalue weighted by Crippen LogP contribution is 2.25. The molecule has 188 valence electrons. The van der Waals surface area contributed by atoms with Gasteiger partial charge in [0.1, 0.15) is 12.1 Å². The topological polar surface area (TPSA) is 143 Å². The van der Waals surface area contributed by atoms with Crippen LogP contribution >= 0.6 is 11.8 Å². The van der Waals surface area contributed by atoms with Gasteiger partial charge in [-0.2, -0.15) is 0 Å². The molecule has 0 spiro atoms. The Balaban J connectivity index is 2.05. The number of rotatable bonds is 12. The number of benzene rings is 1. The highest BCUT2D eigenvalue weighted by molar-refractivity contribution is 8.02. The van der Waals surface area contributed by atoms with Crippen molar-refractivity contribution in [2.75, 3.05) is 13.7 Å². The van der Waals surface area contributed by atoms with E-state index in [9.17, 15) is 19.5 Å². The van der Waals surface area contributed by atoms with Crippen LogP contribution in [0.3, 0.4) is 0 Å². The number of carbonyl (C=O) groups excluding carboxylic acids is 2. The van der Waals surface area contributed by atoms with Gasteiger partial charge in [0.05, 0.1) is 24.1 Å². The molecule has 1 aliphatic heterocycles. The number of carboxylic acid groups (broad SMARTS) is 1. The first-order valence-corrected chi connectivity index (χ1v) is 12.3. The van der Waals surface area contributed by atoms with Crippen molar-refractivity contribution >= 4 is 29.5 Å². The molecule has 0 fully saturated rings. The molecule has 10 heteroatoms. The van der Waals surface area contributed by atoms with Crippen LogP contribution in [-0.4, -0.2) is 66.1 Å². The van der Waals surface area contributed by atoms with Gasteiger partial charge in [-0.15, -0.1) is 11.8 Å². The molecule has 5 atom stereocenters. The lowest BCUT2D eigenvalue weighted by molar-refractivity contribution is -0.142. The number of hydrogen-bond acceptors (Lipinski definition) is 7. The zero-order chi connectivity index (χ0) is 25.3. The van der Waals surface area contributed by atoms with Crippen LogP contribution in [-0.2, 0) is 25.5 Å². The summed E-state index contributed by atoms with van der Waals surface area (Å²) in [6, 6.07) is 6.62. The van der Waals surface area contributed by atoms with Crippen molar-refractivity contribution in [3.8, 4) is 0 Å². The summed E-state index contributed by atoms with van der Waals surface area (Å²) in [5.74, 6) is -1.69. The van der Waals surface area contributed by atoms with Crippen molar-refractivity contribution in [3.63, 3.8) is 0 Å². The molecule has 6 N–H and O–H groups in total. The Hall–Kier alpha value is -2.40. The summed E-state index contributed by atoms with van der Waals surface area (Å²) < 4.78 is 5.31. The van der Waals surface area contributed by atoms with Gasteiger partial charge < -0.3 is 26.2 Å².